The van der Waals surface area contributed by atoms with Crippen LogP contribution in [0.25, 0.3) is 27.2 Å². The average Bonchev–Trinajstić information content (AvgIpc) is 2.86. The molecular weight excluding hydrogens is 414 g/mol. The molecule has 33 heavy (non-hydrogen) atoms. The van der Waals surface area contributed by atoms with Crippen molar-refractivity contribution in [1.29, 1.82) is 0 Å². The van der Waals surface area contributed by atoms with Gasteiger partial charge in [0.05, 0.1) is 17.8 Å². The number of piperidine rings is 1. The Bertz CT molecular complexity index is 1200. The summed E-state index contributed by atoms with van der Waals surface area (Å²) in [6, 6.07) is 15.4. The smallest absolute Gasteiger partial charge is 0.263 e. The van der Waals surface area contributed by atoms with E-state index in [1.807, 2.05) is 43.4 Å². The number of hydrogen-bond acceptors (Lipinski definition) is 5. The Morgan fingerprint density at radius 3 is 2.30 bits per heavy atom. The fourth-order valence-corrected chi connectivity index (χ4v) is 4.37. The lowest BCUT2D eigenvalue weighted by molar-refractivity contribution is 0.299. The molecule has 0 radical (unpaired) electrons. The largest absolute Gasteiger partial charge is 0.396 e. The van der Waals surface area contributed by atoms with Crippen molar-refractivity contribution in [2.24, 2.45) is 7.05 Å². The van der Waals surface area contributed by atoms with Crippen LogP contribution >= 0.6 is 0 Å². The molecule has 0 spiro atoms. The molecule has 3 aromatic rings. The van der Waals surface area contributed by atoms with E-state index in [-0.39, 0.29) is 12.2 Å². The predicted octanol–water partition coefficient (Wildman–Crippen LogP) is 3.39. The normalized spacial score (nSPS) is 14.3. The van der Waals surface area contributed by atoms with E-state index in [1.54, 1.807) is 23.7 Å². The highest BCUT2D eigenvalue weighted by Gasteiger charge is 2.24. The number of anilines is 1. The van der Waals surface area contributed by atoms with Crippen molar-refractivity contribution in [1.82, 2.24) is 14.9 Å². The second-order valence-corrected chi connectivity index (χ2v) is 8.38. The van der Waals surface area contributed by atoms with Crippen LogP contribution in [0, 0.1) is 6.57 Å². The topological polar surface area (TPSA) is 74.8 Å². The van der Waals surface area contributed by atoms with E-state index in [4.69, 9.17) is 11.6 Å². The van der Waals surface area contributed by atoms with Crippen molar-refractivity contribution >= 4 is 11.6 Å². The summed E-state index contributed by atoms with van der Waals surface area (Å²) >= 11 is 0. The zero-order valence-electron chi connectivity index (χ0n) is 19.1. The molecule has 0 atom stereocenters. The molecule has 0 amide bonds. The van der Waals surface area contributed by atoms with Gasteiger partial charge in [-0.25, -0.2) is 9.83 Å². The second-order valence-electron chi connectivity index (χ2n) is 8.38. The van der Waals surface area contributed by atoms with Gasteiger partial charge in [0.2, 0.25) is 5.95 Å². The molecule has 1 aliphatic rings. The third-order valence-electron chi connectivity index (χ3n) is 6.37. The number of hydrogen-bond donors (Lipinski definition) is 2. The maximum Gasteiger partial charge on any atom is 0.263 e. The Hall–Kier alpha value is -3.47. The van der Waals surface area contributed by atoms with Crippen LogP contribution in [0.1, 0.15) is 18.4 Å². The van der Waals surface area contributed by atoms with Crippen molar-refractivity contribution in [3.05, 3.63) is 75.9 Å². The van der Waals surface area contributed by atoms with E-state index in [0.717, 1.165) is 42.6 Å². The zero-order chi connectivity index (χ0) is 23.4. The molecule has 1 fully saturated rings. The van der Waals surface area contributed by atoms with Crippen LogP contribution in [-0.4, -0.2) is 47.4 Å². The minimum Gasteiger partial charge on any atom is -0.396 e. The van der Waals surface area contributed by atoms with Crippen molar-refractivity contribution < 1.29 is 5.11 Å². The molecule has 2 aromatic carbocycles. The van der Waals surface area contributed by atoms with Crippen LogP contribution in [-0.2, 0) is 13.5 Å². The van der Waals surface area contributed by atoms with E-state index in [0.29, 0.717) is 35.4 Å². The van der Waals surface area contributed by atoms with Crippen molar-refractivity contribution in [2.45, 2.75) is 25.3 Å². The quantitative estimate of drug-likeness (QED) is 0.572. The Morgan fingerprint density at radius 2 is 1.73 bits per heavy atom. The summed E-state index contributed by atoms with van der Waals surface area (Å²) in [5, 5.41) is 12.6. The Kier molecular flexibility index (Phi) is 6.87. The molecule has 7 heteroatoms. The monoisotopic (exact) mass is 443 g/mol. The first-order valence-corrected chi connectivity index (χ1v) is 11.3. The first-order chi connectivity index (χ1) is 16.0. The van der Waals surface area contributed by atoms with Gasteiger partial charge < -0.3 is 15.3 Å². The van der Waals surface area contributed by atoms with Crippen LogP contribution in [0.5, 0.6) is 0 Å². The van der Waals surface area contributed by atoms with E-state index < -0.39 is 0 Å². The molecule has 1 aromatic heterocycles. The van der Waals surface area contributed by atoms with Gasteiger partial charge in [-0.15, -0.1) is 0 Å². The summed E-state index contributed by atoms with van der Waals surface area (Å²) in [7, 11) is 3.77. The highest BCUT2D eigenvalue weighted by Crippen LogP contribution is 2.31. The number of rotatable bonds is 6. The summed E-state index contributed by atoms with van der Waals surface area (Å²) in [5.74, 6) is 0.666. The van der Waals surface area contributed by atoms with E-state index >= 15 is 0 Å². The molecule has 7 nitrogen and oxygen atoms in total. The minimum absolute atomic E-state index is 0.0836. The summed E-state index contributed by atoms with van der Waals surface area (Å²) in [6.07, 6.45) is 2.56. The lowest BCUT2D eigenvalue weighted by Crippen LogP contribution is -2.43. The summed E-state index contributed by atoms with van der Waals surface area (Å²) < 4.78 is 1.65. The van der Waals surface area contributed by atoms with Gasteiger partial charge in [-0.2, -0.15) is 0 Å². The average molecular weight is 444 g/mol. The highest BCUT2D eigenvalue weighted by atomic mass is 16.3. The highest BCUT2D eigenvalue weighted by molar-refractivity contribution is 5.81. The molecule has 0 bridgehead atoms. The lowest BCUT2D eigenvalue weighted by Gasteiger charge is -2.33. The minimum atomic E-state index is -0.102. The maximum absolute atomic E-state index is 13.7. The van der Waals surface area contributed by atoms with Crippen LogP contribution in [0.15, 0.2) is 53.3 Å². The molecule has 1 saturated heterocycles. The van der Waals surface area contributed by atoms with E-state index in [9.17, 15) is 9.90 Å². The van der Waals surface area contributed by atoms with E-state index in [1.165, 1.54) is 0 Å². The molecule has 4 rings (SSSR count). The first kappa shape index (κ1) is 22.7. The molecule has 2 heterocycles. The fraction of sp³-hybridized carbons (Fsp3) is 0.346. The number of aliphatic hydroxyl groups is 1. The number of benzene rings is 2. The van der Waals surface area contributed by atoms with Crippen LogP contribution in [0.4, 0.5) is 11.6 Å². The zero-order valence-corrected chi connectivity index (χ0v) is 19.1. The maximum atomic E-state index is 13.7. The molecule has 0 saturated carbocycles. The Balaban J connectivity index is 1.85. The molecule has 170 valence electrons. The number of aromatic nitrogens is 2. The molecule has 2 N–H and O–H groups in total. The first-order valence-electron chi connectivity index (χ1n) is 11.3. The molecule has 0 aliphatic carbocycles. The van der Waals surface area contributed by atoms with Crippen LogP contribution in [0.3, 0.4) is 0 Å². The van der Waals surface area contributed by atoms with Gasteiger partial charge in [0.15, 0.2) is 5.69 Å². The van der Waals surface area contributed by atoms with Crippen molar-refractivity contribution in [3.8, 4) is 22.4 Å². The summed E-state index contributed by atoms with van der Waals surface area (Å²) in [5.41, 5.74) is 4.21. The standard InChI is InChI=1S/C26H29N5O2/c1-27-21-10-8-20(9-11-21)24-23(19-6-4-18(5-7-19)14-17-32)25(33)30(3)26(29-24)31-15-12-22(28-2)13-16-31/h4-11,22,28,32H,12-17H2,2-3H3. The molecule has 1 aliphatic heterocycles. The van der Waals surface area contributed by atoms with Gasteiger partial charge in [0.1, 0.15) is 0 Å². The van der Waals surface area contributed by atoms with Crippen LogP contribution in [0.2, 0.25) is 0 Å². The molecular formula is C26H29N5O2. The summed E-state index contributed by atoms with van der Waals surface area (Å²) in [4.78, 5) is 24.4. The molecule has 0 unspecified atom stereocenters. The second kappa shape index (κ2) is 9.99. The Morgan fingerprint density at radius 1 is 1.09 bits per heavy atom. The number of aliphatic hydroxyl groups excluding tert-OH is 1. The van der Waals surface area contributed by atoms with Crippen LogP contribution < -0.4 is 15.8 Å². The number of nitrogens with one attached hydrogen (secondary N) is 1. The SMILES string of the molecule is [C-]#[N+]c1ccc(-c2nc(N3CCC(NC)CC3)n(C)c(=O)c2-c2ccc(CCO)cc2)cc1. The third kappa shape index (κ3) is 4.68. The van der Waals surface area contributed by atoms with Gasteiger partial charge in [0.25, 0.3) is 5.56 Å². The van der Waals surface area contributed by atoms with Gasteiger partial charge >= 0.3 is 0 Å². The predicted molar refractivity (Wildman–Crippen MR) is 132 cm³/mol. The van der Waals surface area contributed by atoms with Crippen molar-refractivity contribution in [2.75, 3.05) is 31.6 Å². The van der Waals surface area contributed by atoms with Crippen molar-refractivity contribution in [3.63, 3.8) is 0 Å². The van der Waals surface area contributed by atoms with Gasteiger partial charge in [-0.05, 0) is 43.0 Å². The lowest BCUT2D eigenvalue weighted by atomic mass is 9.98. The van der Waals surface area contributed by atoms with Gasteiger partial charge in [-0.1, -0.05) is 48.5 Å². The Labute approximate surface area is 194 Å². The van der Waals surface area contributed by atoms with Gasteiger partial charge in [-0.3, -0.25) is 9.36 Å². The third-order valence-corrected chi connectivity index (χ3v) is 6.37. The van der Waals surface area contributed by atoms with Gasteiger partial charge in [0, 0.05) is 32.8 Å². The fourth-order valence-electron chi connectivity index (χ4n) is 4.37. The number of nitrogens with zero attached hydrogens (tertiary/aromatic N) is 4. The van der Waals surface area contributed by atoms with E-state index in [2.05, 4.69) is 15.1 Å². The summed E-state index contributed by atoms with van der Waals surface area (Å²) in [6.45, 7) is 8.98.